The Kier molecular flexibility index (Phi) is 3.10. The average Bonchev–Trinajstić information content (AvgIpc) is 2.22. The summed E-state index contributed by atoms with van der Waals surface area (Å²) >= 11 is 0. The van der Waals surface area contributed by atoms with Crippen LogP contribution < -0.4 is 0 Å². The lowest BCUT2D eigenvalue weighted by Crippen LogP contribution is -2.23. The van der Waals surface area contributed by atoms with Crippen LogP contribution in [0.15, 0.2) is 23.1 Å². The highest BCUT2D eigenvalue weighted by Gasteiger charge is 2.31. The maximum absolute atomic E-state index is 9.77. The van der Waals surface area contributed by atoms with Crippen LogP contribution in [0, 0.1) is 5.92 Å². The van der Waals surface area contributed by atoms with Gasteiger partial charge >= 0.3 is 0 Å². The molecule has 0 aliphatic carbocycles. The van der Waals surface area contributed by atoms with E-state index in [0.717, 1.165) is 22.3 Å². The van der Waals surface area contributed by atoms with Gasteiger partial charge in [0.15, 0.2) is 10.6 Å². The molecule has 2 N–H and O–H groups in total. The van der Waals surface area contributed by atoms with Gasteiger partial charge in [0, 0.05) is 22.9 Å². The van der Waals surface area contributed by atoms with E-state index in [1.807, 2.05) is 0 Å². The van der Waals surface area contributed by atoms with Gasteiger partial charge in [-0.1, -0.05) is 6.92 Å². The van der Waals surface area contributed by atoms with Crippen LogP contribution in [0.25, 0.3) is 0 Å². The predicted molar refractivity (Wildman–Crippen MR) is 63.5 cm³/mol. The maximum Gasteiger partial charge on any atom is 0.200 e. The summed E-state index contributed by atoms with van der Waals surface area (Å²) in [5, 5.41) is 19.2. The van der Waals surface area contributed by atoms with Crippen LogP contribution in [0.1, 0.15) is 19.8 Å². The quantitative estimate of drug-likeness (QED) is 0.569. The van der Waals surface area contributed by atoms with Gasteiger partial charge < -0.3 is 10.2 Å². The smallest absolute Gasteiger partial charge is 0.200 e. The highest BCUT2D eigenvalue weighted by molar-refractivity contribution is 7.97. The fourth-order valence-corrected chi connectivity index (χ4v) is 4.64. The summed E-state index contributed by atoms with van der Waals surface area (Å²) < 4.78 is 0. The molecule has 3 heteroatoms. The zero-order valence-corrected chi connectivity index (χ0v) is 9.76. The van der Waals surface area contributed by atoms with Crippen LogP contribution in [0.4, 0.5) is 0 Å². The fraction of sp³-hybridized carbons (Fsp3) is 0.500. The van der Waals surface area contributed by atoms with E-state index in [9.17, 15) is 10.2 Å². The van der Waals surface area contributed by atoms with E-state index in [1.54, 1.807) is 12.1 Å². The summed E-state index contributed by atoms with van der Waals surface area (Å²) in [6, 6.07) is 4.85. The van der Waals surface area contributed by atoms with Gasteiger partial charge in [-0.2, -0.15) is 0 Å². The number of hydrogen-bond acceptors (Lipinski definition) is 2. The number of rotatable bonds is 1. The van der Waals surface area contributed by atoms with E-state index in [0.29, 0.717) is 5.75 Å². The van der Waals surface area contributed by atoms with Crippen LogP contribution in [0.5, 0.6) is 11.5 Å². The Morgan fingerprint density at radius 3 is 2.87 bits per heavy atom. The topological polar surface area (TPSA) is 40.5 Å². The molecular weight excluding hydrogens is 208 g/mol. The lowest BCUT2D eigenvalue weighted by molar-refractivity contribution is 0.447. The van der Waals surface area contributed by atoms with Gasteiger partial charge in [0.05, 0.1) is 0 Å². The zero-order chi connectivity index (χ0) is 10.8. The van der Waals surface area contributed by atoms with Crippen molar-refractivity contribution in [2.75, 3.05) is 11.5 Å². The van der Waals surface area contributed by atoms with Gasteiger partial charge in [-0.25, -0.2) is 0 Å². The second kappa shape index (κ2) is 4.35. The molecule has 0 saturated carbocycles. The van der Waals surface area contributed by atoms with E-state index >= 15 is 0 Å². The first-order chi connectivity index (χ1) is 7.16. The average molecular weight is 225 g/mol. The van der Waals surface area contributed by atoms with E-state index < -0.39 is 0 Å². The molecule has 0 radical (unpaired) electrons. The summed E-state index contributed by atoms with van der Waals surface area (Å²) in [7, 11) is 0.130. The minimum atomic E-state index is 0.130. The summed E-state index contributed by atoms with van der Waals surface area (Å²) in [6.45, 7) is 2.26. The van der Waals surface area contributed by atoms with Crippen LogP contribution >= 0.6 is 0 Å². The first-order valence-electron chi connectivity index (χ1n) is 5.36. The Hall–Kier alpha value is -0.830. The van der Waals surface area contributed by atoms with Crippen LogP contribution in [-0.4, -0.2) is 21.7 Å². The standard InChI is InChI=1S/C12H16O2S/c1-9-3-2-6-15(8-9)12-7-10(13)4-5-11(12)14/h4-5,7,9H,2-3,6,8H2,1H3,(H-,13,14)/p+1. The van der Waals surface area contributed by atoms with Gasteiger partial charge in [0.2, 0.25) is 0 Å². The normalized spacial score (nSPS) is 26.5. The van der Waals surface area contributed by atoms with E-state index in [4.69, 9.17) is 0 Å². The summed E-state index contributed by atoms with van der Waals surface area (Å²) in [5.74, 6) is 3.64. The Morgan fingerprint density at radius 1 is 1.33 bits per heavy atom. The zero-order valence-electron chi connectivity index (χ0n) is 8.94. The Bertz CT molecular complexity index is 351. The number of aromatic hydroxyl groups is 2. The highest BCUT2D eigenvalue weighted by Crippen LogP contribution is 2.33. The van der Waals surface area contributed by atoms with Crippen LogP contribution in [0.2, 0.25) is 0 Å². The summed E-state index contributed by atoms with van der Waals surface area (Å²) in [6.07, 6.45) is 2.53. The van der Waals surface area contributed by atoms with Gasteiger partial charge in [-0.15, -0.1) is 0 Å². The maximum atomic E-state index is 9.77. The SMILES string of the molecule is CC1CCC[S+](c2cc(O)ccc2O)C1. The molecule has 2 unspecified atom stereocenters. The van der Waals surface area contributed by atoms with Gasteiger partial charge in [0.1, 0.15) is 17.3 Å². The number of phenolic OH excluding ortho intramolecular Hbond substituents is 2. The van der Waals surface area contributed by atoms with Crippen molar-refractivity contribution in [1.82, 2.24) is 0 Å². The first-order valence-corrected chi connectivity index (χ1v) is 6.92. The molecule has 1 aliphatic heterocycles. The van der Waals surface area contributed by atoms with E-state index in [1.165, 1.54) is 18.9 Å². The van der Waals surface area contributed by atoms with Crippen molar-refractivity contribution in [2.45, 2.75) is 24.7 Å². The number of benzene rings is 1. The van der Waals surface area contributed by atoms with Crippen molar-refractivity contribution in [3.8, 4) is 11.5 Å². The Labute approximate surface area is 93.3 Å². The molecule has 2 rings (SSSR count). The van der Waals surface area contributed by atoms with Gasteiger partial charge in [0.25, 0.3) is 0 Å². The molecule has 1 fully saturated rings. The monoisotopic (exact) mass is 225 g/mol. The lowest BCUT2D eigenvalue weighted by atomic mass is 10.1. The number of phenols is 2. The first kappa shape index (κ1) is 10.7. The fourth-order valence-electron chi connectivity index (χ4n) is 2.05. The molecule has 1 aromatic carbocycles. The molecule has 0 amide bonds. The van der Waals surface area contributed by atoms with Gasteiger partial charge in [-0.3, -0.25) is 0 Å². The second-order valence-corrected chi connectivity index (χ2v) is 6.43. The van der Waals surface area contributed by atoms with Crippen LogP contribution in [-0.2, 0) is 10.9 Å². The molecule has 0 aromatic heterocycles. The van der Waals surface area contributed by atoms with Gasteiger partial charge in [-0.05, 0) is 25.0 Å². The third-order valence-electron chi connectivity index (χ3n) is 2.83. The second-order valence-electron chi connectivity index (χ2n) is 4.26. The molecule has 1 aromatic rings. The van der Waals surface area contributed by atoms with E-state index in [2.05, 4.69) is 6.92 Å². The molecule has 82 valence electrons. The van der Waals surface area contributed by atoms with Crippen molar-refractivity contribution in [3.63, 3.8) is 0 Å². The van der Waals surface area contributed by atoms with Crippen molar-refractivity contribution >= 4 is 10.9 Å². The van der Waals surface area contributed by atoms with Crippen molar-refractivity contribution in [1.29, 1.82) is 0 Å². The minimum absolute atomic E-state index is 0.130. The molecular formula is C12H17O2S+. The number of hydrogen-bond donors (Lipinski definition) is 2. The Balaban J connectivity index is 2.24. The highest BCUT2D eigenvalue weighted by atomic mass is 32.2. The molecule has 1 aliphatic rings. The van der Waals surface area contributed by atoms with E-state index in [-0.39, 0.29) is 16.6 Å². The molecule has 2 atom stereocenters. The van der Waals surface area contributed by atoms with Crippen molar-refractivity contribution in [2.24, 2.45) is 5.92 Å². The van der Waals surface area contributed by atoms with Crippen molar-refractivity contribution in [3.05, 3.63) is 18.2 Å². The molecule has 1 heterocycles. The molecule has 15 heavy (non-hydrogen) atoms. The third kappa shape index (κ3) is 2.40. The summed E-state index contributed by atoms with van der Waals surface area (Å²) in [5.41, 5.74) is 0. The largest absolute Gasteiger partial charge is 0.508 e. The molecule has 1 saturated heterocycles. The summed E-state index contributed by atoms with van der Waals surface area (Å²) in [4.78, 5) is 0.946. The molecule has 0 bridgehead atoms. The third-order valence-corrected chi connectivity index (χ3v) is 5.53. The predicted octanol–water partition coefficient (Wildman–Crippen LogP) is 2.50. The minimum Gasteiger partial charge on any atom is -0.508 e. The van der Waals surface area contributed by atoms with Crippen molar-refractivity contribution < 1.29 is 10.2 Å². The van der Waals surface area contributed by atoms with Crippen LogP contribution in [0.3, 0.4) is 0 Å². The Morgan fingerprint density at radius 2 is 2.13 bits per heavy atom. The molecule has 0 spiro atoms. The lowest BCUT2D eigenvalue weighted by Gasteiger charge is -2.19. The molecule has 2 nitrogen and oxygen atoms in total.